The van der Waals surface area contributed by atoms with Crippen LogP contribution in [-0.2, 0) is 0 Å². The third-order valence-corrected chi connectivity index (χ3v) is 3.09. The minimum absolute atomic E-state index is 0.145. The van der Waals surface area contributed by atoms with E-state index in [4.69, 9.17) is 22.2 Å². The third-order valence-electron chi connectivity index (χ3n) is 2.10. The highest BCUT2D eigenvalue weighted by atomic mass is 127. The Bertz CT molecular complexity index is 574. The number of methoxy groups -OCH3 is 1. The summed E-state index contributed by atoms with van der Waals surface area (Å²) in [6.45, 7) is 0. The lowest BCUT2D eigenvalue weighted by molar-refractivity contribution is 0.379. The van der Waals surface area contributed by atoms with Crippen molar-refractivity contribution in [3.05, 3.63) is 26.8 Å². The van der Waals surface area contributed by atoms with E-state index in [0.29, 0.717) is 10.7 Å². The molecule has 4 N–H and O–H groups in total. The molecule has 1 aromatic heterocycles. The van der Waals surface area contributed by atoms with Crippen LogP contribution in [0, 0.1) is 3.57 Å². The maximum atomic E-state index is 6.12. The lowest BCUT2D eigenvalue weighted by Gasteiger charge is -2.09. The normalized spacial score (nSPS) is 10.1. The predicted molar refractivity (Wildman–Crippen MR) is 81.6 cm³/mol. The SMILES string of the molecule is COc1nc(NN)nc(Nc2ccc(I)cc2Cl)n1. The average molecular weight is 393 g/mol. The van der Waals surface area contributed by atoms with E-state index in [2.05, 4.69) is 48.3 Å². The Morgan fingerprint density at radius 3 is 2.63 bits per heavy atom. The number of hydrazine groups is 1. The van der Waals surface area contributed by atoms with Crippen LogP contribution in [0.4, 0.5) is 17.6 Å². The minimum atomic E-state index is 0.145. The lowest BCUT2D eigenvalue weighted by Crippen LogP contribution is -2.13. The Balaban J connectivity index is 2.31. The Morgan fingerprint density at radius 2 is 2.00 bits per heavy atom. The molecular weight excluding hydrogens is 383 g/mol. The van der Waals surface area contributed by atoms with E-state index in [9.17, 15) is 0 Å². The molecule has 1 heterocycles. The standard InChI is InChI=1S/C10H10ClIN6O/c1-19-10-16-8(15-9(17-10)18-13)14-7-3-2-5(12)4-6(7)11/h2-4H,13H2,1H3,(H2,14,15,16,17,18). The fourth-order valence-corrected chi connectivity index (χ4v) is 2.18. The van der Waals surface area contributed by atoms with Crippen molar-refractivity contribution in [1.82, 2.24) is 15.0 Å². The molecule has 100 valence electrons. The van der Waals surface area contributed by atoms with Crippen molar-refractivity contribution >= 4 is 51.8 Å². The van der Waals surface area contributed by atoms with E-state index in [1.54, 1.807) is 0 Å². The number of rotatable bonds is 4. The van der Waals surface area contributed by atoms with Gasteiger partial charge in [-0.25, -0.2) is 5.84 Å². The Hall–Kier alpha value is -1.39. The van der Waals surface area contributed by atoms with Gasteiger partial charge in [-0.3, -0.25) is 5.43 Å². The molecule has 0 atom stereocenters. The predicted octanol–water partition coefficient (Wildman–Crippen LogP) is 2.17. The summed E-state index contributed by atoms with van der Waals surface area (Å²) < 4.78 is 5.99. The first kappa shape index (κ1) is 14.0. The number of benzene rings is 1. The molecule has 0 amide bonds. The molecule has 0 unspecified atom stereocenters. The van der Waals surface area contributed by atoms with Crippen molar-refractivity contribution in [2.75, 3.05) is 17.9 Å². The molecule has 0 spiro atoms. The lowest BCUT2D eigenvalue weighted by atomic mass is 10.3. The van der Waals surface area contributed by atoms with Gasteiger partial charge >= 0.3 is 6.01 Å². The molecule has 2 rings (SSSR count). The number of nitrogen functional groups attached to an aromatic ring is 1. The number of nitrogens with two attached hydrogens (primary N) is 1. The summed E-state index contributed by atoms with van der Waals surface area (Å²) in [4.78, 5) is 12.0. The monoisotopic (exact) mass is 392 g/mol. The van der Waals surface area contributed by atoms with Crippen LogP contribution in [-0.4, -0.2) is 22.1 Å². The minimum Gasteiger partial charge on any atom is -0.467 e. The molecule has 0 radical (unpaired) electrons. The van der Waals surface area contributed by atoms with Gasteiger partial charge in [0.2, 0.25) is 11.9 Å². The van der Waals surface area contributed by atoms with E-state index < -0.39 is 0 Å². The molecule has 7 nitrogen and oxygen atoms in total. The van der Waals surface area contributed by atoms with Crippen LogP contribution in [0.5, 0.6) is 6.01 Å². The molecule has 0 aliphatic carbocycles. The highest BCUT2D eigenvalue weighted by molar-refractivity contribution is 14.1. The van der Waals surface area contributed by atoms with Crippen LogP contribution in [0.2, 0.25) is 5.02 Å². The van der Waals surface area contributed by atoms with Crippen LogP contribution in [0.3, 0.4) is 0 Å². The number of hydrogen-bond donors (Lipinski definition) is 3. The number of nitrogens with one attached hydrogen (secondary N) is 2. The molecule has 0 saturated heterocycles. The highest BCUT2D eigenvalue weighted by Crippen LogP contribution is 2.26. The zero-order valence-electron chi connectivity index (χ0n) is 9.82. The van der Waals surface area contributed by atoms with Crippen molar-refractivity contribution in [3.63, 3.8) is 0 Å². The first-order valence-electron chi connectivity index (χ1n) is 5.11. The van der Waals surface area contributed by atoms with Gasteiger partial charge in [0.15, 0.2) is 0 Å². The van der Waals surface area contributed by atoms with Crippen LogP contribution in [0.15, 0.2) is 18.2 Å². The van der Waals surface area contributed by atoms with Gasteiger partial charge in [0.25, 0.3) is 0 Å². The Kier molecular flexibility index (Phi) is 4.56. The van der Waals surface area contributed by atoms with Crippen molar-refractivity contribution in [1.29, 1.82) is 0 Å². The summed E-state index contributed by atoms with van der Waals surface area (Å²) in [5, 5.41) is 3.54. The van der Waals surface area contributed by atoms with E-state index in [1.165, 1.54) is 7.11 Å². The molecule has 2 aromatic rings. The summed E-state index contributed by atoms with van der Waals surface area (Å²) >= 11 is 8.29. The van der Waals surface area contributed by atoms with Crippen molar-refractivity contribution in [2.24, 2.45) is 5.84 Å². The molecule has 9 heteroatoms. The second-order valence-corrected chi connectivity index (χ2v) is 5.02. The fourth-order valence-electron chi connectivity index (χ4n) is 1.28. The maximum Gasteiger partial charge on any atom is 0.322 e. The van der Waals surface area contributed by atoms with E-state index >= 15 is 0 Å². The van der Waals surface area contributed by atoms with Crippen LogP contribution < -0.4 is 21.3 Å². The maximum absolute atomic E-state index is 6.12. The van der Waals surface area contributed by atoms with Crippen LogP contribution in [0.1, 0.15) is 0 Å². The first-order chi connectivity index (χ1) is 9.12. The van der Waals surface area contributed by atoms with Crippen LogP contribution in [0.25, 0.3) is 0 Å². The summed E-state index contributed by atoms with van der Waals surface area (Å²) in [5.41, 5.74) is 3.01. The van der Waals surface area contributed by atoms with Gasteiger partial charge in [-0.2, -0.15) is 15.0 Å². The van der Waals surface area contributed by atoms with E-state index in [0.717, 1.165) is 3.57 Å². The molecule has 0 fully saturated rings. The Labute approximate surface area is 128 Å². The zero-order valence-corrected chi connectivity index (χ0v) is 12.7. The van der Waals surface area contributed by atoms with E-state index in [-0.39, 0.29) is 17.9 Å². The van der Waals surface area contributed by atoms with Gasteiger partial charge in [-0.1, -0.05) is 11.6 Å². The molecule has 0 saturated carbocycles. The van der Waals surface area contributed by atoms with Crippen LogP contribution >= 0.6 is 34.2 Å². The third kappa shape index (κ3) is 3.55. The largest absolute Gasteiger partial charge is 0.467 e. The molecule has 19 heavy (non-hydrogen) atoms. The quantitative estimate of drug-likeness (QED) is 0.417. The molecule has 0 aliphatic rings. The Morgan fingerprint density at radius 1 is 1.26 bits per heavy atom. The number of hydrogen-bond acceptors (Lipinski definition) is 7. The number of ether oxygens (including phenoxy) is 1. The molecule has 1 aromatic carbocycles. The molecule has 0 bridgehead atoms. The van der Waals surface area contributed by atoms with Gasteiger partial charge in [0.1, 0.15) is 0 Å². The van der Waals surface area contributed by atoms with Gasteiger partial charge in [0, 0.05) is 3.57 Å². The topological polar surface area (TPSA) is 98.0 Å². The summed E-state index contributed by atoms with van der Waals surface area (Å²) in [5.74, 6) is 5.74. The number of anilines is 3. The summed E-state index contributed by atoms with van der Waals surface area (Å²) in [7, 11) is 1.46. The second-order valence-electron chi connectivity index (χ2n) is 3.36. The second kappa shape index (κ2) is 6.17. The smallest absolute Gasteiger partial charge is 0.322 e. The van der Waals surface area contributed by atoms with Crippen molar-refractivity contribution in [2.45, 2.75) is 0 Å². The van der Waals surface area contributed by atoms with Gasteiger partial charge < -0.3 is 10.1 Å². The van der Waals surface area contributed by atoms with Crippen molar-refractivity contribution < 1.29 is 4.74 Å². The first-order valence-corrected chi connectivity index (χ1v) is 6.57. The molecular formula is C10H10ClIN6O. The van der Waals surface area contributed by atoms with Gasteiger partial charge in [0.05, 0.1) is 17.8 Å². The highest BCUT2D eigenvalue weighted by Gasteiger charge is 2.08. The number of nitrogens with zero attached hydrogens (tertiary/aromatic N) is 3. The number of halogens is 2. The van der Waals surface area contributed by atoms with Crippen molar-refractivity contribution in [3.8, 4) is 6.01 Å². The van der Waals surface area contributed by atoms with E-state index in [1.807, 2.05) is 18.2 Å². The molecule has 0 aliphatic heterocycles. The average Bonchev–Trinajstić information content (AvgIpc) is 2.41. The van der Waals surface area contributed by atoms with Gasteiger partial charge in [-0.15, -0.1) is 0 Å². The van der Waals surface area contributed by atoms with Gasteiger partial charge in [-0.05, 0) is 40.8 Å². The summed E-state index contributed by atoms with van der Waals surface area (Å²) in [6.07, 6.45) is 0. The fraction of sp³-hybridized carbons (Fsp3) is 0.100. The number of aromatic nitrogens is 3. The summed E-state index contributed by atoms with van der Waals surface area (Å²) in [6, 6.07) is 5.71. The zero-order chi connectivity index (χ0) is 13.8.